The number of benzene rings is 1. The lowest BCUT2D eigenvalue weighted by atomic mass is 9.95. The van der Waals surface area contributed by atoms with Crippen LogP contribution in [-0.2, 0) is 4.79 Å². The SMILES string of the molecule is N[C@@H]1CN(C2CCN(C3CC3)C2=O)C[C@H]1c1ccccc1. The van der Waals surface area contributed by atoms with E-state index in [1.807, 2.05) is 6.07 Å². The van der Waals surface area contributed by atoms with Crippen molar-refractivity contribution < 1.29 is 4.79 Å². The van der Waals surface area contributed by atoms with Crippen LogP contribution in [0, 0.1) is 0 Å². The van der Waals surface area contributed by atoms with Gasteiger partial charge in [0.05, 0.1) is 6.04 Å². The first kappa shape index (κ1) is 13.3. The highest BCUT2D eigenvalue weighted by atomic mass is 16.2. The maximum absolute atomic E-state index is 12.6. The van der Waals surface area contributed by atoms with E-state index < -0.39 is 0 Å². The molecule has 1 saturated carbocycles. The zero-order valence-electron chi connectivity index (χ0n) is 12.3. The smallest absolute Gasteiger partial charge is 0.240 e. The van der Waals surface area contributed by atoms with Crippen molar-refractivity contribution in [2.24, 2.45) is 5.73 Å². The Morgan fingerprint density at radius 1 is 1.05 bits per heavy atom. The molecular weight excluding hydrogens is 262 g/mol. The maximum Gasteiger partial charge on any atom is 0.240 e. The molecule has 2 aliphatic heterocycles. The third kappa shape index (κ3) is 2.36. The van der Waals surface area contributed by atoms with Gasteiger partial charge in [0.25, 0.3) is 0 Å². The van der Waals surface area contributed by atoms with Gasteiger partial charge < -0.3 is 10.6 Å². The Hall–Kier alpha value is -1.39. The Labute approximate surface area is 125 Å². The summed E-state index contributed by atoms with van der Waals surface area (Å²) in [5, 5.41) is 0. The minimum Gasteiger partial charge on any atom is -0.338 e. The summed E-state index contributed by atoms with van der Waals surface area (Å²) < 4.78 is 0. The lowest BCUT2D eigenvalue weighted by Gasteiger charge is -2.23. The molecule has 3 fully saturated rings. The summed E-state index contributed by atoms with van der Waals surface area (Å²) in [6.45, 7) is 2.70. The molecule has 0 bridgehead atoms. The molecule has 2 heterocycles. The van der Waals surface area contributed by atoms with Crippen molar-refractivity contribution in [2.45, 2.75) is 43.3 Å². The molecule has 2 saturated heterocycles. The summed E-state index contributed by atoms with van der Waals surface area (Å²) >= 11 is 0. The molecule has 2 N–H and O–H groups in total. The molecule has 1 aromatic carbocycles. The molecule has 1 aliphatic carbocycles. The van der Waals surface area contributed by atoms with Gasteiger partial charge in [0.15, 0.2) is 0 Å². The lowest BCUT2D eigenvalue weighted by molar-refractivity contribution is -0.132. The van der Waals surface area contributed by atoms with Crippen LogP contribution >= 0.6 is 0 Å². The fraction of sp³-hybridized carbons (Fsp3) is 0.588. The molecule has 3 aliphatic rings. The van der Waals surface area contributed by atoms with Crippen LogP contribution < -0.4 is 5.73 Å². The number of carbonyl (C=O) groups is 1. The van der Waals surface area contributed by atoms with Crippen LogP contribution in [0.1, 0.15) is 30.7 Å². The number of nitrogens with two attached hydrogens (primary N) is 1. The van der Waals surface area contributed by atoms with Gasteiger partial charge in [-0.15, -0.1) is 0 Å². The van der Waals surface area contributed by atoms with Crippen molar-refractivity contribution in [2.75, 3.05) is 19.6 Å². The molecule has 21 heavy (non-hydrogen) atoms. The van der Waals surface area contributed by atoms with Gasteiger partial charge in [-0.05, 0) is 24.8 Å². The lowest BCUT2D eigenvalue weighted by Crippen LogP contribution is -2.42. The van der Waals surface area contributed by atoms with E-state index in [4.69, 9.17) is 5.73 Å². The van der Waals surface area contributed by atoms with Gasteiger partial charge in [0.2, 0.25) is 5.91 Å². The second-order valence-electron chi connectivity index (χ2n) is 6.70. The van der Waals surface area contributed by atoms with Crippen LogP contribution in [0.4, 0.5) is 0 Å². The highest BCUT2D eigenvalue weighted by Crippen LogP contribution is 2.35. The van der Waals surface area contributed by atoms with Crippen molar-refractivity contribution in [3.8, 4) is 0 Å². The Bertz CT molecular complexity index is 528. The molecule has 3 atom stereocenters. The molecule has 0 radical (unpaired) electrons. The number of hydrogen-bond donors (Lipinski definition) is 1. The van der Waals surface area contributed by atoms with Crippen molar-refractivity contribution in [3.05, 3.63) is 35.9 Å². The Morgan fingerprint density at radius 2 is 1.81 bits per heavy atom. The fourth-order valence-electron chi connectivity index (χ4n) is 3.94. The average Bonchev–Trinajstić information content (AvgIpc) is 3.17. The molecule has 1 unspecified atom stereocenters. The Kier molecular flexibility index (Phi) is 3.23. The first-order valence-corrected chi connectivity index (χ1v) is 8.09. The molecule has 112 valence electrons. The molecular formula is C17H23N3O. The van der Waals surface area contributed by atoms with Crippen LogP contribution in [0.15, 0.2) is 30.3 Å². The summed E-state index contributed by atoms with van der Waals surface area (Å²) in [6, 6.07) is 11.2. The van der Waals surface area contributed by atoms with Crippen molar-refractivity contribution in [1.82, 2.24) is 9.80 Å². The van der Waals surface area contributed by atoms with Gasteiger partial charge in [-0.3, -0.25) is 9.69 Å². The summed E-state index contributed by atoms with van der Waals surface area (Å²) in [5.41, 5.74) is 7.66. The van der Waals surface area contributed by atoms with E-state index in [-0.39, 0.29) is 12.1 Å². The monoisotopic (exact) mass is 285 g/mol. The number of amides is 1. The molecule has 1 aromatic rings. The largest absolute Gasteiger partial charge is 0.338 e. The van der Waals surface area contributed by atoms with Gasteiger partial charge in [-0.2, -0.15) is 0 Å². The van der Waals surface area contributed by atoms with Crippen LogP contribution in [0.2, 0.25) is 0 Å². The number of carbonyl (C=O) groups excluding carboxylic acids is 1. The third-order valence-corrected chi connectivity index (χ3v) is 5.26. The van der Waals surface area contributed by atoms with Crippen molar-refractivity contribution in [1.29, 1.82) is 0 Å². The van der Waals surface area contributed by atoms with E-state index >= 15 is 0 Å². The Balaban J connectivity index is 1.47. The van der Waals surface area contributed by atoms with Gasteiger partial charge in [-0.25, -0.2) is 0 Å². The van der Waals surface area contributed by atoms with Gasteiger partial charge in [-0.1, -0.05) is 30.3 Å². The Morgan fingerprint density at radius 3 is 2.52 bits per heavy atom. The van der Waals surface area contributed by atoms with Gasteiger partial charge in [0, 0.05) is 37.6 Å². The van der Waals surface area contributed by atoms with Gasteiger partial charge >= 0.3 is 0 Å². The summed E-state index contributed by atoms with van der Waals surface area (Å²) in [5.74, 6) is 0.701. The first-order valence-electron chi connectivity index (χ1n) is 8.09. The highest BCUT2D eigenvalue weighted by molar-refractivity contribution is 5.84. The predicted octanol–water partition coefficient (Wildman–Crippen LogP) is 1.18. The second-order valence-corrected chi connectivity index (χ2v) is 6.70. The quantitative estimate of drug-likeness (QED) is 0.907. The predicted molar refractivity (Wildman–Crippen MR) is 81.9 cm³/mol. The molecule has 0 spiro atoms. The van der Waals surface area contributed by atoms with E-state index in [0.29, 0.717) is 17.9 Å². The normalized spacial score (nSPS) is 33.9. The van der Waals surface area contributed by atoms with Crippen LogP contribution in [0.5, 0.6) is 0 Å². The van der Waals surface area contributed by atoms with Crippen LogP contribution in [-0.4, -0.2) is 53.5 Å². The molecule has 4 heteroatoms. The average molecular weight is 285 g/mol. The number of nitrogens with zero attached hydrogens (tertiary/aromatic N) is 2. The van der Waals surface area contributed by atoms with Crippen molar-refractivity contribution in [3.63, 3.8) is 0 Å². The topological polar surface area (TPSA) is 49.6 Å². The second kappa shape index (κ2) is 5.11. The van der Waals surface area contributed by atoms with E-state index in [2.05, 4.69) is 34.1 Å². The first-order chi connectivity index (χ1) is 10.2. The summed E-state index contributed by atoms with van der Waals surface area (Å²) in [7, 11) is 0. The van der Waals surface area contributed by atoms with Crippen molar-refractivity contribution >= 4 is 5.91 Å². The summed E-state index contributed by atoms with van der Waals surface area (Å²) in [6.07, 6.45) is 3.37. The zero-order chi connectivity index (χ0) is 14.4. The number of rotatable bonds is 3. The van der Waals surface area contributed by atoms with E-state index in [1.54, 1.807) is 0 Å². The molecule has 4 rings (SSSR count). The summed E-state index contributed by atoms with van der Waals surface area (Å²) in [4.78, 5) is 17.0. The van der Waals surface area contributed by atoms with Gasteiger partial charge in [0.1, 0.15) is 0 Å². The van der Waals surface area contributed by atoms with Crippen LogP contribution in [0.25, 0.3) is 0 Å². The minimum absolute atomic E-state index is 0.0744. The minimum atomic E-state index is 0.0744. The van der Waals surface area contributed by atoms with E-state index in [9.17, 15) is 4.79 Å². The highest BCUT2D eigenvalue weighted by Gasteiger charge is 2.45. The number of hydrogen-bond acceptors (Lipinski definition) is 3. The maximum atomic E-state index is 12.6. The standard InChI is InChI=1S/C17H23N3O/c18-15-11-19(10-14(15)12-4-2-1-3-5-12)16-8-9-20(17(16)21)13-6-7-13/h1-5,13-16H,6-11,18H2/t14-,15+,16?/m0/s1. The molecule has 0 aromatic heterocycles. The van der Waals surface area contributed by atoms with Crippen LogP contribution in [0.3, 0.4) is 0 Å². The fourth-order valence-corrected chi connectivity index (χ4v) is 3.94. The molecule has 4 nitrogen and oxygen atoms in total. The molecule has 1 amide bonds. The van der Waals surface area contributed by atoms with E-state index in [1.165, 1.54) is 18.4 Å². The number of likely N-dealkylation sites (tertiary alicyclic amines) is 2. The van der Waals surface area contributed by atoms with E-state index in [0.717, 1.165) is 26.1 Å². The third-order valence-electron chi connectivity index (χ3n) is 5.26. The zero-order valence-corrected chi connectivity index (χ0v) is 12.3.